The summed E-state index contributed by atoms with van der Waals surface area (Å²) in [6, 6.07) is 9.50. The Morgan fingerprint density at radius 1 is 1.04 bits per heavy atom. The number of rotatable bonds is 3. The number of hydrogen-bond donors (Lipinski definition) is 0. The van der Waals surface area contributed by atoms with Gasteiger partial charge in [0.05, 0.1) is 24.1 Å². The molecule has 3 heterocycles. The third-order valence-corrected chi connectivity index (χ3v) is 4.08. The lowest BCUT2D eigenvalue weighted by molar-refractivity contribution is 0.671. The maximum Gasteiger partial charge on any atom is 0.280 e. The van der Waals surface area contributed by atoms with Crippen LogP contribution in [-0.4, -0.2) is 34.7 Å². The molecule has 4 rings (SSSR count). The van der Waals surface area contributed by atoms with Crippen molar-refractivity contribution in [2.75, 3.05) is 0 Å². The Bertz CT molecular complexity index is 1110. The molecule has 4 aromatic rings. The molecular formula is C17H15N7O. The van der Waals surface area contributed by atoms with E-state index in [1.54, 1.807) is 23.0 Å². The molecule has 0 atom stereocenters. The number of fused-ring (bicyclic) bond motifs is 1. The monoisotopic (exact) mass is 333 g/mol. The third kappa shape index (κ3) is 2.57. The van der Waals surface area contributed by atoms with E-state index in [0.717, 1.165) is 16.8 Å². The van der Waals surface area contributed by atoms with E-state index >= 15 is 0 Å². The first-order valence-electron chi connectivity index (χ1n) is 7.79. The molecule has 3 aromatic heterocycles. The maximum absolute atomic E-state index is 12.6. The van der Waals surface area contributed by atoms with Crippen LogP contribution in [0.5, 0.6) is 0 Å². The van der Waals surface area contributed by atoms with Gasteiger partial charge in [-0.15, -0.1) is 5.10 Å². The lowest BCUT2D eigenvalue weighted by Crippen LogP contribution is -2.23. The second kappa shape index (κ2) is 5.90. The van der Waals surface area contributed by atoms with Crippen LogP contribution < -0.4 is 5.56 Å². The summed E-state index contributed by atoms with van der Waals surface area (Å²) in [5.74, 6) is 0.552. The van der Waals surface area contributed by atoms with Crippen LogP contribution in [0.15, 0.2) is 47.7 Å². The van der Waals surface area contributed by atoms with Crippen LogP contribution in [0, 0.1) is 13.8 Å². The van der Waals surface area contributed by atoms with Crippen molar-refractivity contribution < 1.29 is 0 Å². The zero-order valence-electron chi connectivity index (χ0n) is 13.8. The van der Waals surface area contributed by atoms with E-state index in [2.05, 4.69) is 25.5 Å². The number of pyridine rings is 1. The molecule has 0 saturated carbocycles. The number of para-hydroxylation sites is 1. The van der Waals surface area contributed by atoms with Crippen LogP contribution >= 0.6 is 0 Å². The van der Waals surface area contributed by atoms with Crippen LogP contribution in [0.25, 0.3) is 16.7 Å². The smallest absolute Gasteiger partial charge is 0.280 e. The van der Waals surface area contributed by atoms with E-state index in [9.17, 15) is 4.79 Å². The zero-order valence-corrected chi connectivity index (χ0v) is 13.8. The first-order chi connectivity index (χ1) is 12.1. The van der Waals surface area contributed by atoms with Crippen LogP contribution in [0.4, 0.5) is 0 Å². The van der Waals surface area contributed by atoms with E-state index < -0.39 is 0 Å². The van der Waals surface area contributed by atoms with Gasteiger partial charge in [-0.05, 0) is 47.5 Å². The largest absolute Gasteiger partial charge is 0.290 e. The van der Waals surface area contributed by atoms with E-state index in [-0.39, 0.29) is 12.1 Å². The number of nitrogens with zero attached hydrogens (tertiary/aromatic N) is 7. The molecule has 0 fully saturated rings. The Balaban J connectivity index is 1.80. The summed E-state index contributed by atoms with van der Waals surface area (Å²) in [4.78, 5) is 21.0. The molecule has 0 spiro atoms. The lowest BCUT2D eigenvalue weighted by atomic mass is 10.1. The van der Waals surface area contributed by atoms with Crippen molar-refractivity contribution in [3.8, 4) is 5.69 Å². The highest BCUT2D eigenvalue weighted by Gasteiger charge is 2.14. The highest BCUT2D eigenvalue weighted by Crippen LogP contribution is 2.18. The lowest BCUT2D eigenvalue weighted by Gasteiger charge is -2.11. The second-order valence-electron chi connectivity index (χ2n) is 5.80. The third-order valence-electron chi connectivity index (χ3n) is 4.08. The highest BCUT2D eigenvalue weighted by atomic mass is 16.1. The topological polar surface area (TPSA) is 91.4 Å². The van der Waals surface area contributed by atoms with Crippen molar-refractivity contribution in [1.29, 1.82) is 0 Å². The van der Waals surface area contributed by atoms with Crippen LogP contribution in [0.2, 0.25) is 0 Å². The molecule has 0 amide bonds. The van der Waals surface area contributed by atoms with Crippen molar-refractivity contribution >= 4 is 11.0 Å². The van der Waals surface area contributed by atoms with Gasteiger partial charge in [-0.25, -0.2) is 9.97 Å². The van der Waals surface area contributed by atoms with Gasteiger partial charge >= 0.3 is 0 Å². The minimum Gasteiger partial charge on any atom is -0.290 e. The van der Waals surface area contributed by atoms with E-state index in [4.69, 9.17) is 0 Å². The molecule has 1 aromatic carbocycles. The fourth-order valence-corrected chi connectivity index (χ4v) is 2.87. The number of tetrazole rings is 1. The van der Waals surface area contributed by atoms with Gasteiger partial charge < -0.3 is 0 Å². The maximum atomic E-state index is 12.6. The van der Waals surface area contributed by atoms with Gasteiger partial charge in [0.2, 0.25) is 0 Å². The van der Waals surface area contributed by atoms with Gasteiger partial charge in [0.25, 0.3) is 5.56 Å². The molecule has 0 saturated heterocycles. The Morgan fingerprint density at radius 2 is 1.84 bits per heavy atom. The van der Waals surface area contributed by atoms with Crippen molar-refractivity contribution in [3.05, 3.63) is 70.2 Å². The Labute approximate surface area is 142 Å². The van der Waals surface area contributed by atoms with Crippen molar-refractivity contribution in [2.24, 2.45) is 0 Å². The normalized spacial score (nSPS) is 11.1. The van der Waals surface area contributed by atoms with Crippen LogP contribution in [-0.2, 0) is 6.54 Å². The number of aromatic nitrogens is 7. The zero-order chi connectivity index (χ0) is 17.4. The molecule has 0 aliphatic carbocycles. The Kier molecular flexibility index (Phi) is 3.57. The standard InChI is InChI=1S/C17H15N7O/c1-11-5-3-6-12(2)16(11)24-14(20-21-22-24)9-23-10-19-13-7-4-8-18-15(13)17(23)25/h3-8,10H,9H2,1-2H3. The molecule has 8 nitrogen and oxygen atoms in total. The summed E-state index contributed by atoms with van der Waals surface area (Å²) in [6.07, 6.45) is 3.08. The van der Waals surface area contributed by atoms with Crippen LogP contribution in [0.1, 0.15) is 17.0 Å². The Hall–Kier alpha value is -3.42. The van der Waals surface area contributed by atoms with Gasteiger partial charge in [0.15, 0.2) is 11.3 Å². The average molecular weight is 333 g/mol. The predicted octanol–water partition coefficient (Wildman–Crippen LogP) is 1.43. The molecule has 0 radical (unpaired) electrons. The van der Waals surface area contributed by atoms with E-state index in [0.29, 0.717) is 16.9 Å². The van der Waals surface area contributed by atoms with Crippen molar-refractivity contribution in [3.63, 3.8) is 0 Å². The molecule has 8 heteroatoms. The summed E-state index contributed by atoms with van der Waals surface area (Å²) in [5.41, 5.74) is 3.71. The highest BCUT2D eigenvalue weighted by molar-refractivity contribution is 5.71. The summed E-state index contributed by atoms with van der Waals surface area (Å²) >= 11 is 0. The first kappa shape index (κ1) is 15.1. The molecular weight excluding hydrogens is 318 g/mol. The molecule has 0 bridgehead atoms. The molecule has 124 valence electrons. The number of aryl methyl sites for hydroxylation is 2. The predicted molar refractivity (Wildman–Crippen MR) is 91.5 cm³/mol. The Morgan fingerprint density at radius 3 is 2.64 bits per heavy atom. The number of benzene rings is 1. The minimum atomic E-state index is -0.221. The van der Waals surface area contributed by atoms with Gasteiger partial charge in [-0.2, -0.15) is 4.68 Å². The molecule has 25 heavy (non-hydrogen) atoms. The van der Waals surface area contributed by atoms with Gasteiger partial charge in [-0.3, -0.25) is 9.36 Å². The number of hydrogen-bond acceptors (Lipinski definition) is 6. The first-order valence-corrected chi connectivity index (χ1v) is 7.79. The van der Waals surface area contributed by atoms with E-state index in [1.807, 2.05) is 32.0 Å². The van der Waals surface area contributed by atoms with Gasteiger partial charge in [0, 0.05) is 6.20 Å². The summed E-state index contributed by atoms with van der Waals surface area (Å²) in [7, 11) is 0. The SMILES string of the molecule is Cc1cccc(C)c1-n1nnnc1Cn1cnc2cccnc2c1=O. The molecule has 0 N–H and O–H groups in total. The van der Waals surface area contributed by atoms with Gasteiger partial charge in [-0.1, -0.05) is 18.2 Å². The second-order valence-corrected chi connectivity index (χ2v) is 5.80. The van der Waals surface area contributed by atoms with Crippen molar-refractivity contribution in [2.45, 2.75) is 20.4 Å². The van der Waals surface area contributed by atoms with Crippen molar-refractivity contribution in [1.82, 2.24) is 34.7 Å². The summed E-state index contributed by atoms with van der Waals surface area (Å²) < 4.78 is 3.13. The van der Waals surface area contributed by atoms with Crippen LogP contribution in [0.3, 0.4) is 0 Å². The molecule has 0 aliphatic heterocycles. The van der Waals surface area contributed by atoms with Gasteiger partial charge in [0.1, 0.15) is 0 Å². The quantitative estimate of drug-likeness (QED) is 0.563. The summed E-state index contributed by atoms with van der Waals surface area (Å²) in [6.45, 7) is 4.21. The minimum absolute atomic E-state index is 0.207. The average Bonchev–Trinajstić information content (AvgIpc) is 3.05. The molecule has 0 unspecified atom stereocenters. The summed E-state index contributed by atoms with van der Waals surface area (Å²) in [5, 5.41) is 12.0. The fourth-order valence-electron chi connectivity index (χ4n) is 2.87. The van der Waals surface area contributed by atoms with E-state index in [1.165, 1.54) is 10.9 Å². The molecule has 0 aliphatic rings. The fraction of sp³-hybridized carbons (Fsp3) is 0.176.